The van der Waals surface area contributed by atoms with Crippen molar-refractivity contribution in [3.8, 4) is 5.88 Å². The Hall–Kier alpha value is -2.03. The molecule has 4 rings (SSSR count). The Morgan fingerprint density at radius 3 is 2.67 bits per heavy atom. The van der Waals surface area contributed by atoms with Crippen molar-refractivity contribution in [1.82, 2.24) is 14.6 Å². The monoisotopic (exact) mass is 349 g/mol. The lowest BCUT2D eigenvalue weighted by Crippen LogP contribution is -3.14. The molecule has 1 atom stereocenters. The van der Waals surface area contributed by atoms with Crippen molar-refractivity contribution in [2.45, 2.75) is 13.0 Å². The van der Waals surface area contributed by atoms with E-state index in [1.165, 1.54) is 32.9 Å². The first-order chi connectivity index (χ1) is 11.6. The molecule has 2 N–H and O–H groups in total. The van der Waals surface area contributed by atoms with Gasteiger partial charge in [0.25, 0.3) is 0 Å². The third kappa shape index (κ3) is 2.66. The van der Waals surface area contributed by atoms with E-state index in [0.717, 1.165) is 23.5 Å². The predicted octanol–water partition coefficient (Wildman–Crippen LogP) is 0.948. The van der Waals surface area contributed by atoms with Gasteiger partial charge in [-0.2, -0.15) is 4.52 Å². The summed E-state index contributed by atoms with van der Waals surface area (Å²) in [6.07, 6.45) is 0. The molecule has 1 aliphatic rings. The van der Waals surface area contributed by atoms with Crippen molar-refractivity contribution in [1.29, 1.82) is 0 Å². The van der Waals surface area contributed by atoms with E-state index in [4.69, 9.17) is 4.74 Å². The SMILES string of the molecule is Cc1nc2sc([C@H](c3ccc(F)cc3)[NH+]3CCOCC3)c(O)n2n1. The van der Waals surface area contributed by atoms with Gasteiger partial charge in [-0.05, 0) is 31.2 Å². The number of benzene rings is 1. The van der Waals surface area contributed by atoms with Crippen LogP contribution in [0.2, 0.25) is 0 Å². The molecule has 1 aromatic carbocycles. The first-order valence-corrected chi connectivity index (χ1v) is 8.68. The predicted molar refractivity (Wildman–Crippen MR) is 87.0 cm³/mol. The summed E-state index contributed by atoms with van der Waals surface area (Å²) in [4.78, 5) is 7.09. The largest absolute Gasteiger partial charge is 0.492 e. The Kier molecular flexibility index (Phi) is 3.95. The Bertz CT molecular complexity index is 855. The molecular formula is C16H18FN4O2S+. The van der Waals surface area contributed by atoms with Crippen LogP contribution in [-0.4, -0.2) is 46.0 Å². The van der Waals surface area contributed by atoms with E-state index in [2.05, 4.69) is 10.1 Å². The van der Waals surface area contributed by atoms with Gasteiger partial charge in [-0.15, -0.1) is 5.10 Å². The molecule has 1 fully saturated rings. The number of halogens is 1. The molecule has 1 aliphatic heterocycles. The number of nitrogens with one attached hydrogen (secondary N) is 1. The lowest BCUT2D eigenvalue weighted by molar-refractivity contribution is -0.932. The molecule has 6 nitrogen and oxygen atoms in total. The summed E-state index contributed by atoms with van der Waals surface area (Å²) >= 11 is 1.43. The maximum Gasteiger partial charge on any atom is 0.235 e. The number of aromatic hydroxyl groups is 1. The number of aromatic nitrogens is 3. The molecule has 3 aromatic rings. The van der Waals surface area contributed by atoms with Crippen LogP contribution < -0.4 is 4.90 Å². The first kappa shape index (κ1) is 15.5. The van der Waals surface area contributed by atoms with E-state index in [1.54, 1.807) is 19.1 Å². The van der Waals surface area contributed by atoms with Crippen LogP contribution in [-0.2, 0) is 4.74 Å². The maximum atomic E-state index is 13.3. The van der Waals surface area contributed by atoms with Crippen LogP contribution in [0.25, 0.3) is 4.96 Å². The van der Waals surface area contributed by atoms with Gasteiger partial charge >= 0.3 is 0 Å². The Balaban J connectivity index is 1.82. The second-order valence-corrected chi connectivity index (χ2v) is 6.91. The van der Waals surface area contributed by atoms with Crippen LogP contribution in [0.4, 0.5) is 4.39 Å². The zero-order chi connectivity index (χ0) is 16.7. The van der Waals surface area contributed by atoms with Gasteiger partial charge in [-0.25, -0.2) is 9.37 Å². The van der Waals surface area contributed by atoms with Gasteiger partial charge in [0.15, 0.2) is 6.04 Å². The second kappa shape index (κ2) is 6.12. The summed E-state index contributed by atoms with van der Waals surface area (Å²) in [6.45, 7) is 4.80. The minimum Gasteiger partial charge on any atom is -0.492 e. The van der Waals surface area contributed by atoms with Crippen LogP contribution in [0.15, 0.2) is 24.3 Å². The molecule has 0 spiro atoms. The third-order valence-electron chi connectivity index (χ3n) is 4.31. The molecule has 0 amide bonds. The molecule has 0 aliphatic carbocycles. The normalized spacial score (nSPS) is 17.4. The fourth-order valence-corrected chi connectivity index (χ4v) is 4.37. The number of fused-ring (bicyclic) bond motifs is 1. The summed E-state index contributed by atoms with van der Waals surface area (Å²) in [5.41, 5.74) is 0.963. The van der Waals surface area contributed by atoms with Gasteiger partial charge in [0, 0.05) is 5.56 Å². The molecule has 8 heteroatoms. The minimum atomic E-state index is -0.267. The highest BCUT2D eigenvalue weighted by Gasteiger charge is 2.33. The summed E-state index contributed by atoms with van der Waals surface area (Å²) < 4.78 is 20.3. The molecule has 0 bridgehead atoms. The van der Waals surface area contributed by atoms with Crippen molar-refractivity contribution in [2.24, 2.45) is 0 Å². The average Bonchev–Trinajstić information content (AvgIpc) is 3.09. The van der Waals surface area contributed by atoms with Crippen molar-refractivity contribution in [2.75, 3.05) is 26.3 Å². The quantitative estimate of drug-likeness (QED) is 0.739. The molecule has 126 valence electrons. The van der Waals surface area contributed by atoms with Gasteiger partial charge in [-0.3, -0.25) is 0 Å². The zero-order valence-corrected chi connectivity index (χ0v) is 14.0. The van der Waals surface area contributed by atoms with E-state index >= 15 is 0 Å². The number of morpholine rings is 1. The second-order valence-electron chi connectivity index (χ2n) is 5.90. The summed E-state index contributed by atoms with van der Waals surface area (Å²) in [7, 11) is 0. The van der Waals surface area contributed by atoms with Gasteiger partial charge in [0.1, 0.15) is 29.6 Å². The fourth-order valence-electron chi connectivity index (χ4n) is 3.19. The number of rotatable bonds is 3. The fraction of sp³-hybridized carbons (Fsp3) is 0.375. The third-order valence-corrected chi connectivity index (χ3v) is 5.40. The molecule has 1 saturated heterocycles. The Morgan fingerprint density at radius 2 is 2.00 bits per heavy atom. The van der Waals surface area contributed by atoms with Crippen molar-refractivity contribution >= 4 is 16.3 Å². The summed E-state index contributed by atoms with van der Waals surface area (Å²) in [6, 6.07) is 6.38. The molecule has 3 heterocycles. The topological polar surface area (TPSA) is 64.1 Å². The van der Waals surface area contributed by atoms with Gasteiger partial charge in [0.2, 0.25) is 10.8 Å². The summed E-state index contributed by atoms with van der Waals surface area (Å²) in [5, 5.41) is 14.9. The van der Waals surface area contributed by atoms with Gasteiger partial charge < -0.3 is 14.7 Å². The number of nitrogens with zero attached hydrogens (tertiary/aromatic N) is 3. The molecular weight excluding hydrogens is 331 g/mol. The minimum absolute atomic E-state index is 0.0942. The molecule has 24 heavy (non-hydrogen) atoms. The van der Waals surface area contributed by atoms with Crippen LogP contribution in [0.5, 0.6) is 5.88 Å². The number of hydrogen-bond acceptors (Lipinski definition) is 5. The van der Waals surface area contributed by atoms with Gasteiger partial charge in [0.05, 0.1) is 13.2 Å². The smallest absolute Gasteiger partial charge is 0.235 e. The van der Waals surface area contributed by atoms with Crippen LogP contribution in [0, 0.1) is 12.7 Å². The van der Waals surface area contributed by atoms with Crippen molar-refractivity contribution in [3.63, 3.8) is 0 Å². The molecule has 2 aromatic heterocycles. The highest BCUT2D eigenvalue weighted by molar-refractivity contribution is 7.17. The number of thiazole rings is 1. The number of quaternary nitrogens is 1. The zero-order valence-electron chi connectivity index (χ0n) is 13.2. The lowest BCUT2D eigenvalue weighted by atomic mass is 10.0. The van der Waals surface area contributed by atoms with E-state index in [-0.39, 0.29) is 17.7 Å². The first-order valence-electron chi connectivity index (χ1n) is 7.86. The highest BCUT2D eigenvalue weighted by atomic mass is 32.1. The standard InChI is InChI=1S/C16H17FN4O2S/c1-10-18-16-21(19-10)15(22)14(24-16)13(20-6-8-23-9-7-20)11-2-4-12(17)5-3-11/h2-5,13,22H,6-9H2,1H3/p+1/t13-/m0/s1. The van der Waals surface area contributed by atoms with Crippen molar-refractivity contribution < 1.29 is 19.1 Å². The van der Waals surface area contributed by atoms with Crippen molar-refractivity contribution in [3.05, 3.63) is 46.3 Å². The molecule has 0 saturated carbocycles. The lowest BCUT2D eigenvalue weighted by Gasteiger charge is -2.31. The number of hydrogen-bond donors (Lipinski definition) is 2. The van der Waals surface area contributed by atoms with E-state index < -0.39 is 0 Å². The highest BCUT2D eigenvalue weighted by Crippen LogP contribution is 2.35. The van der Waals surface area contributed by atoms with Crippen LogP contribution in [0.3, 0.4) is 0 Å². The number of aryl methyl sites for hydroxylation is 1. The van der Waals surface area contributed by atoms with Crippen LogP contribution >= 0.6 is 11.3 Å². The van der Waals surface area contributed by atoms with E-state index in [1.807, 2.05) is 0 Å². The van der Waals surface area contributed by atoms with E-state index in [9.17, 15) is 9.50 Å². The summed E-state index contributed by atoms with van der Waals surface area (Å²) in [5.74, 6) is 0.473. The molecule has 0 unspecified atom stereocenters. The maximum absolute atomic E-state index is 13.3. The van der Waals surface area contributed by atoms with Gasteiger partial charge in [-0.1, -0.05) is 11.3 Å². The van der Waals surface area contributed by atoms with E-state index in [0.29, 0.717) is 24.0 Å². The van der Waals surface area contributed by atoms with Crippen LogP contribution in [0.1, 0.15) is 22.3 Å². The molecule has 0 radical (unpaired) electrons. The Labute approximate surface area is 142 Å². The number of ether oxygens (including phenoxy) is 1. The Morgan fingerprint density at radius 1 is 1.29 bits per heavy atom. The average molecular weight is 349 g/mol.